The van der Waals surface area contributed by atoms with Crippen LogP contribution in [-0.2, 0) is 11.2 Å². The van der Waals surface area contributed by atoms with E-state index in [4.69, 9.17) is 9.47 Å². The minimum absolute atomic E-state index is 0.0541. The number of alkyl halides is 1. The van der Waals surface area contributed by atoms with Crippen LogP contribution in [0.3, 0.4) is 0 Å². The van der Waals surface area contributed by atoms with Gasteiger partial charge in [-0.25, -0.2) is 0 Å². The molecular formula is C18H25BrO2. The highest BCUT2D eigenvalue weighted by atomic mass is 79.9. The second-order valence-corrected chi connectivity index (χ2v) is 8.13. The fourth-order valence-electron chi connectivity index (χ4n) is 3.49. The number of benzene rings is 1. The molecule has 2 nitrogen and oxygen atoms in total. The van der Waals surface area contributed by atoms with E-state index in [-0.39, 0.29) is 5.60 Å². The van der Waals surface area contributed by atoms with E-state index in [9.17, 15) is 0 Å². The van der Waals surface area contributed by atoms with Crippen LogP contribution in [0.5, 0.6) is 5.75 Å². The predicted octanol–water partition coefficient (Wildman–Crippen LogP) is 5.04. The van der Waals surface area contributed by atoms with E-state index in [1.807, 2.05) is 0 Å². The quantitative estimate of drug-likeness (QED) is 0.691. The Morgan fingerprint density at radius 2 is 2.14 bits per heavy atom. The smallest absolute Gasteiger partial charge is 0.123 e. The van der Waals surface area contributed by atoms with Crippen molar-refractivity contribution in [1.82, 2.24) is 0 Å². The van der Waals surface area contributed by atoms with Gasteiger partial charge in [0.2, 0.25) is 0 Å². The summed E-state index contributed by atoms with van der Waals surface area (Å²) in [6, 6.07) is 6.66. The number of halogens is 1. The van der Waals surface area contributed by atoms with Crippen molar-refractivity contribution in [1.29, 1.82) is 0 Å². The van der Waals surface area contributed by atoms with Crippen molar-refractivity contribution in [2.75, 3.05) is 6.61 Å². The molecule has 0 bridgehead atoms. The third-order valence-electron chi connectivity index (χ3n) is 4.58. The lowest BCUT2D eigenvalue weighted by molar-refractivity contribution is -0.0264. The number of fused-ring (bicyclic) bond motifs is 1. The summed E-state index contributed by atoms with van der Waals surface area (Å²) in [5, 5.41) is 0. The normalized spacial score (nSPS) is 27.6. The molecule has 1 aromatic rings. The minimum Gasteiger partial charge on any atom is -0.487 e. The molecule has 2 aliphatic rings. The number of hydrogen-bond acceptors (Lipinski definition) is 2. The third-order valence-corrected chi connectivity index (χ3v) is 5.49. The Morgan fingerprint density at radius 3 is 2.86 bits per heavy atom. The van der Waals surface area contributed by atoms with Gasteiger partial charge in [0.1, 0.15) is 11.4 Å². The molecule has 0 N–H and O–H groups in total. The van der Waals surface area contributed by atoms with Crippen LogP contribution in [0, 0.1) is 5.92 Å². The van der Waals surface area contributed by atoms with Gasteiger partial charge in [0.05, 0.1) is 6.10 Å². The zero-order valence-corrected chi connectivity index (χ0v) is 14.8. The number of hydrogen-bond donors (Lipinski definition) is 0. The van der Waals surface area contributed by atoms with Gasteiger partial charge in [0.25, 0.3) is 0 Å². The van der Waals surface area contributed by atoms with Gasteiger partial charge in [-0.1, -0.05) is 28.1 Å². The fourth-order valence-corrected chi connectivity index (χ4v) is 4.31. The first-order valence-corrected chi connectivity index (χ1v) is 8.96. The molecule has 3 heteroatoms. The van der Waals surface area contributed by atoms with Crippen LogP contribution in [0.1, 0.15) is 56.0 Å². The summed E-state index contributed by atoms with van der Waals surface area (Å²) < 4.78 is 11.6. The molecule has 1 saturated carbocycles. The maximum atomic E-state index is 5.95. The maximum Gasteiger partial charge on any atom is 0.123 e. The molecule has 0 saturated heterocycles. The number of rotatable bonds is 5. The van der Waals surface area contributed by atoms with E-state index in [0.29, 0.717) is 10.9 Å². The lowest BCUT2D eigenvalue weighted by Gasteiger charge is -2.36. The van der Waals surface area contributed by atoms with Crippen LogP contribution in [0.4, 0.5) is 0 Å². The van der Waals surface area contributed by atoms with Gasteiger partial charge in [-0.2, -0.15) is 0 Å². The topological polar surface area (TPSA) is 18.5 Å². The lowest BCUT2D eigenvalue weighted by atomic mass is 9.78. The Bertz CT molecular complexity index is 506. The molecule has 0 amide bonds. The zero-order valence-electron chi connectivity index (χ0n) is 13.2. The Morgan fingerprint density at radius 1 is 1.38 bits per heavy atom. The molecule has 1 unspecified atom stereocenters. The predicted molar refractivity (Wildman–Crippen MR) is 89.3 cm³/mol. The summed E-state index contributed by atoms with van der Waals surface area (Å²) in [6.07, 6.45) is 5.15. The Hall–Kier alpha value is -0.540. The molecule has 1 heterocycles. The maximum absolute atomic E-state index is 5.95. The highest BCUT2D eigenvalue weighted by Crippen LogP contribution is 2.42. The first kappa shape index (κ1) is 15.4. The minimum atomic E-state index is -0.0541. The summed E-state index contributed by atoms with van der Waals surface area (Å²) in [6.45, 7) is 7.23. The molecule has 1 aromatic carbocycles. The van der Waals surface area contributed by atoms with Crippen LogP contribution in [-0.4, -0.2) is 18.3 Å². The summed E-state index contributed by atoms with van der Waals surface area (Å²) in [5.74, 6) is 1.86. The molecule has 1 fully saturated rings. The second-order valence-electron chi connectivity index (χ2n) is 7.02. The Kier molecular flexibility index (Phi) is 4.33. The van der Waals surface area contributed by atoms with Crippen molar-refractivity contribution in [2.24, 2.45) is 5.92 Å². The lowest BCUT2D eigenvalue weighted by Crippen LogP contribution is -2.31. The van der Waals surface area contributed by atoms with Gasteiger partial charge < -0.3 is 9.47 Å². The van der Waals surface area contributed by atoms with Gasteiger partial charge in [-0.05, 0) is 63.1 Å². The van der Waals surface area contributed by atoms with Crippen LogP contribution in [0.15, 0.2) is 18.2 Å². The Labute approximate surface area is 136 Å². The first-order valence-electron chi connectivity index (χ1n) is 8.04. The molecule has 21 heavy (non-hydrogen) atoms. The van der Waals surface area contributed by atoms with Gasteiger partial charge in [0, 0.05) is 17.9 Å². The molecule has 0 radical (unpaired) electrons. The van der Waals surface area contributed by atoms with E-state index in [0.717, 1.165) is 24.7 Å². The zero-order chi connectivity index (χ0) is 15.0. The molecule has 1 atom stereocenters. The molecule has 0 aromatic heterocycles. The van der Waals surface area contributed by atoms with Crippen molar-refractivity contribution >= 4 is 15.9 Å². The fraction of sp³-hybridized carbons (Fsp3) is 0.667. The van der Waals surface area contributed by atoms with E-state index in [1.54, 1.807) is 0 Å². The third kappa shape index (κ3) is 3.45. The van der Waals surface area contributed by atoms with Crippen LogP contribution < -0.4 is 4.74 Å². The van der Waals surface area contributed by atoms with Crippen molar-refractivity contribution in [2.45, 2.75) is 63.0 Å². The average molecular weight is 353 g/mol. The molecule has 116 valence electrons. The van der Waals surface area contributed by atoms with E-state index in [2.05, 4.69) is 54.9 Å². The molecule has 1 aliphatic heterocycles. The summed E-state index contributed by atoms with van der Waals surface area (Å²) in [7, 11) is 0. The van der Waals surface area contributed by atoms with Crippen LogP contribution in [0.25, 0.3) is 0 Å². The van der Waals surface area contributed by atoms with Crippen LogP contribution in [0.2, 0.25) is 0 Å². The SMILES string of the molecule is CCOC1CC(CC(Br)c2ccc3c(c2)CC(C)(C)O3)C1. The number of ether oxygens (including phenoxy) is 2. The van der Waals surface area contributed by atoms with Gasteiger partial charge in [-0.3, -0.25) is 0 Å². The Balaban J connectivity index is 1.58. The van der Waals surface area contributed by atoms with Crippen molar-refractivity contribution in [3.63, 3.8) is 0 Å². The standard InChI is InChI=1S/C18H25BrO2/c1-4-20-15-7-12(8-15)9-16(19)13-5-6-17-14(10-13)11-18(2,3)21-17/h5-6,10,12,15-16H,4,7-9,11H2,1-3H3. The largest absolute Gasteiger partial charge is 0.487 e. The summed E-state index contributed by atoms with van der Waals surface area (Å²) in [5.41, 5.74) is 2.68. The van der Waals surface area contributed by atoms with Crippen molar-refractivity contribution in [3.8, 4) is 5.75 Å². The van der Waals surface area contributed by atoms with Gasteiger partial charge in [0.15, 0.2) is 0 Å². The van der Waals surface area contributed by atoms with E-state index in [1.165, 1.54) is 30.4 Å². The van der Waals surface area contributed by atoms with Gasteiger partial charge >= 0.3 is 0 Å². The monoisotopic (exact) mass is 352 g/mol. The average Bonchev–Trinajstić information content (AvgIpc) is 2.68. The molecule has 3 rings (SSSR count). The molecule has 0 spiro atoms. The van der Waals surface area contributed by atoms with E-state index >= 15 is 0 Å². The summed E-state index contributed by atoms with van der Waals surface area (Å²) >= 11 is 3.88. The van der Waals surface area contributed by atoms with E-state index < -0.39 is 0 Å². The highest BCUT2D eigenvalue weighted by molar-refractivity contribution is 9.09. The highest BCUT2D eigenvalue weighted by Gasteiger charge is 2.33. The first-order chi connectivity index (χ1) is 9.97. The summed E-state index contributed by atoms with van der Waals surface area (Å²) in [4.78, 5) is 0.444. The van der Waals surface area contributed by atoms with Crippen LogP contribution >= 0.6 is 15.9 Å². The van der Waals surface area contributed by atoms with Gasteiger partial charge in [-0.15, -0.1) is 0 Å². The van der Waals surface area contributed by atoms with Crippen molar-refractivity contribution in [3.05, 3.63) is 29.3 Å². The molecule has 1 aliphatic carbocycles. The second kappa shape index (κ2) is 5.92. The van der Waals surface area contributed by atoms with Crippen molar-refractivity contribution < 1.29 is 9.47 Å². The molecular weight excluding hydrogens is 328 g/mol.